The molecule has 5 nitrogen and oxygen atoms in total. The van der Waals surface area contributed by atoms with Gasteiger partial charge in [0.1, 0.15) is 0 Å². The summed E-state index contributed by atoms with van der Waals surface area (Å²) in [7, 11) is 0. The van der Waals surface area contributed by atoms with Crippen LogP contribution in [0.4, 0.5) is 15.8 Å². The first-order valence-corrected chi connectivity index (χ1v) is 9.73. The number of benzene rings is 2. The first kappa shape index (κ1) is 18.5. The van der Waals surface area contributed by atoms with Gasteiger partial charge < -0.3 is 15.0 Å². The van der Waals surface area contributed by atoms with E-state index in [0.29, 0.717) is 12.2 Å². The molecule has 1 N–H and O–H groups in total. The highest BCUT2D eigenvalue weighted by atomic mass is 19.1. The van der Waals surface area contributed by atoms with Crippen LogP contribution in [0.25, 0.3) is 0 Å². The Hall–Kier alpha value is -2.89. The molecule has 6 heteroatoms. The maximum absolute atomic E-state index is 13.6. The second-order valence-electron chi connectivity index (χ2n) is 7.33. The van der Waals surface area contributed by atoms with Gasteiger partial charge in [0.2, 0.25) is 5.91 Å². The summed E-state index contributed by atoms with van der Waals surface area (Å²) in [6.45, 7) is 0.404. The van der Waals surface area contributed by atoms with E-state index in [1.54, 1.807) is 12.1 Å². The van der Waals surface area contributed by atoms with E-state index in [0.717, 1.165) is 43.4 Å². The van der Waals surface area contributed by atoms with Crippen LogP contribution in [0.3, 0.4) is 0 Å². The Labute approximate surface area is 163 Å². The molecular formula is C22H23FN2O3. The number of carbonyl (C=O) groups is 2. The zero-order valence-electron chi connectivity index (χ0n) is 15.6. The second kappa shape index (κ2) is 8.00. The molecule has 2 aromatic rings. The molecule has 1 heterocycles. The normalized spacial score (nSPS) is 16.1. The summed E-state index contributed by atoms with van der Waals surface area (Å²) < 4.78 is 18.8. The number of anilines is 2. The summed E-state index contributed by atoms with van der Waals surface area (Å²) in [5.74, 6) is -0.523. The topological polar surface area (TPSA) is 58.6 Å². The fourth-order valence-electron chi connectivity index (χ4n) is 3.98. The van der Waals surface area contributed by atoms with Crippen LogP contribution in [0, 0.1) is 11.7 Å². The van der Waals surface area contributed by atoms with Crippen molar-refractivity contribution in [1.82, 2.24) is 0 Å². The van der Waals surface area contributed by atoms with Gasteiger partial charge in [0.15, 0.2) is 18.2 Å². The van der Waals surface area contributed by atoms with Gasteiger partial charge >= 0.3 is 0 Å². The Balaban J connectivity index is 1.41. The van der Waals surface area contributed by atoms with Gasteiger partial charge in [-0.15, -0.1) is 0 Å². The number of para-hydroxylation sites is 1. The van der Waals surface area contributed by atoms with Gasteiger partial charge in [-0.25, -0.2) is 4.39 Å². The lowest BCUT2D eigenvalue weighted by molar-refractivity contribution is -0.122. The van der Waals surface area contributed by atoms with E-state index in [1.165, 1.54) is 12.1 Å². The summed E-state index contributed by atoms with van der Waals surface area (Å²) in [5, 5.41) is 2.77. The lowest BCUT2D eigenvalue weighted by atomic mass is 10.1. The van der Waals surface area contributed by atoms with Crippen LogP contribution in [-0.2, 0) is 16.0 Å². The van der Waals surface area contributed by atoms with Crippen LogP contribution in [0.5, 0.6) is 5.75 Å². The van der Waals surface area contributed by atoms with Crippen molar-refractivity contribution in [2.24, 2.45) is 5.92 Å². The number of nitrogens with one attached hydrogen (secondary N) is 1. The molecule has 4 rings (SSSR count). The Morgan fingerprint density at radius 3 is 2.71 bits per heavy atom. The maximum atomic E-state index is 13.6. The number of rotatable bonds is 5. The molecule has 0 unspecified atom stereocenters. The molecule has 2 amide bonds. The standard InChI is InChI=1S/C22H23FN2O3/c23-18-7-3-4-8-20(18)28-14-21(26)24-17-10-9-15-11-12-25(19(15)13-17)22(27)16-5-1-2-6-16/h3-4,7-10,13,16H,1-2,5-6,11-12,14H2,(H,24,26). The van der Waals surface area contributed by atoms with Crippen molar-refractivity contribution < 1.29 is 18.7 Å². The van der Waals surface area contributed by atoms with Crippen molar-refractivity contribution in [2.45, 2.75) is 32.1 Å². The molecule has 0 atom stereocenters. The van der Waals surface area contributed by atoms with Crippen molar-refractivity contribution >= 4 is 23.2 Å². The van der Waals surface area contributed by atoms with E-state index in [9.17, 15) is 14.0 Å². The highest BCUT2D eigenvalue weighted by Gasteiger charge is 2.31. The predicted molar refractivity (Wildman–Crippen MR) is 105 cm³/mol. The first-order valence-electron chi connectivity index (χ1n) is 9.73. The summed E-state index contributed by atoms with van der Waals surface area (Å²) in [6.07, 6.45) is 5.01. The maximum Gasteiger partial charge on any atom is 0.262 e. The number of hydrogen-bond acceptors (Lipinski definition) is 3. The van der Waals surface area contributed by atoms with Crippen molar-refractivity contribution in [3.8, 4) is 5.75 Å². The Morgan fingerprint density at radius 2 is 1.93 bits per heavy atom. The molecular weight excluding hydrogens is 359 g/mol. The average Bonchev–Trinajstić information content (AvgIpc) is 3.37. The summed E-state index contributed by atoms with van der Waals surface area (Å²) in [6, 6.07) is 11.6. The van der Waals surface area contributed by atoms with E-state index in [-0.39, 0.29) is 30.1 Å². The van der Waals surface area contributed by atoms with Crippen molar-refractivity contribution in [3.05, 3.63) is 53.8 Å². The Bertz CT molecular complexity index is 893. The quantitative estimate of drug-likeness (QED) is 0.853. The van der Waals surface area contributed by atoms with Gasteiger partial charge in [0.25, 0.3) is 5.91 Å². The van der Waals surface area contributed by atoms with Gasteiger partial charge in [-0.1, -0.05) is 31.0 Å². The third-order valence-electron chi connectivity index (χ3n) is 5.43. The molecule has 1 aliphatic carbocycles. The summed E-state index contributed by atoms with van der Waals surface area (Å²) in [5.41, 5.74) is 2.60. The van der Waals surface area contributed by atoms with E-state index in [4.69, 9.17) is 4.74 Å². The van der Waals surface area contributed by atoms with Crippen LogP contribution < -0.4 is 15.0 Å². The van der Waals surface area contributed by atoms with E-state index >= 15 is 0 Å². The molecule has 0 radical (unpaired) electrons. The molecule has 0 spiro atoms. The zero-order valence-corrected chi connectivity index (χ0v) is 15.6. The third-order valence-corrected chi connectivity index (χ3v) is 5.43. The molecule has 0 bridgehead atoms. The second-order valence-corrected chi connectivity index (χ2v) is 7.33. The number of ether oxygens (including phenoxy) is 1. The van der Waals surface area contributed by atoms with Gasteiger partial charge in [-0.3, -0.25) is 9.59 Å². The van der Waals surface area contributed by atoms with Crippen molar-refractivity contribution in [2.75, 3.05) is 23.4 Å². The van der Waals surface area contributed by atoms with Gasteiger partial charge in [0, 0.05) is 23.8 Å². The van der Waals surface area contributed by atoms with Crippen LogP contribution in [0.1, 0.15) is 31.2 Å². The smallest absolute Gasteiger partial charge is 0.262 e. The molecule has 0 saturated heterocycles. The Morgan fingerprint density at radius 1 is 1.14 bits per heavy atom. The first-order chi connectivity index (χ1) is 13.6. The fourth-order valence-corrected chi connectivity index (χ4v) is 3.98. The van der Waals surface area contributed by atoms with Crippen molar-refractivity contribution in [1.29, 1.82) is 0 Å². The van der Waals surface area contributed by atoms with Crippen molar-refractivity contribution in [3.63, 3.8) is 0 Å². The minimum atomic E-state index is -0.506. The molecule has 0 aromatic heterocycles. The SMILES string of the molecule is O=C(COc1ccccc1F)Nc1ccc2c(c1)N(C(=O)C1CCCC1)CC2. The largest absolute Gasteiger partial charge is 0.481 e. The molecule has 1 fully saturated rings. The molecule has 28 heavy (non-hydrogen) atoms. The molecule has 2 aromatic carbocycles. The van der Waals surface area contributed by atoms with Crippen LogP contribution in [0.2, 0.25) is 0 Å². The number of halogens is 1. The monoisotopic (exact) mass is 382 g/mol. The van der Waals surface area contributed by atoms with E-state index in [2.05, 4.69) is 5.32 Å². The number of amides is 2. The van der Waals surface area contributed by atoms with E-state index in [1.807, 2.05) is 23.1 Å². The predicted octanol–water partition coefficient (Wildman–Crippen LogP) is 3.92. The number of carbonyl (C=O) groups excluding carboxylic acids is 2. The molecule has 1 aliphatic heterocycles. The van der Waals surface area contributed by atoms with Gasteiger partial charge in [-0.05, 0) is 49.1 Å². The minimum absolute atomic E-state index is 0.0416. The van der Waals surface area contributed by atoms with Crippen LogP contribution in [0.15, 0.2) is 42.5 Å². The van der Waals surface area contributed by atoms with Crippen LogP contribution >= 0.6 is 0 Å². The highest BCUT2D eigenvalue weighted by molar-refractivity contribution is 5.99. The lowest BCUT2D eigenvalue weighted by Gasteiger charge is -2.21. The Kier molecular flexibility index (Phi) is 5.28. The molecule has 146 valence electrons. The van der Waals surface area contributed by atoms with Gasteiger partial charge in [0.05, 0.1) is 0 Å². The molecule has 1 saturated carbocycles. The highest BCUT2D eigenvalue weighted by Crippen LogP contribution is 2.35. The van der Waals surface area contributed by atoms with E-state index < -0.39 is 5.82 Å². The summed E-state index contributed by atoms with van der Waals surface area (Å²) in [4.78, 5) is 26.9. The lowest BCUT2D eigenvalue weighted by Crippen LogP contribution is -2.33. The minimum Gasteiger partial charge on any atom is -0.481 e. The van der Waals surface area contributed by atoms with Gasteiger partial charge in [-0.2, -0.15) is 0 Å². The third kappa shape index (κ3) is 3.86. The number of fused-ring (bicyclic) bond motifs is 1. The average molecular weight is 382 g/mol. The number of hydrogen-bond donors (Lipinski definition) is 1. The number of nitrogens with zero attached hydrogens (tertiary/aromatic N) is 1. The van der Waals surface area contributed by atoms with Crippen LogP contribution in [-0.4, -0.2) is 25.0 Å². The molecule has 2 aliphatic rings. The fraction of sp³-hybridized carbons (Fsp3) is 0.364. The zero-order chi connectivity index (χ0) is 19.5. The summed E-state index contributed by atoms with van der Waals surface area (Å²) >= 11 is 0.